The van der Waals surface area contributed by atoms with E-state index in [9.17, 15) is 0 Å². The zero-order valence-electron chi connectivity index (χ0n) is 10.4. The zero-order valence-corrected chi connectivity index (χ0v) is 10.4. The molecule has 0 saturated heterocycles. The van der Waals surface area contributed by atoms with Crippen LogP contribution in [0, 0.1) is 0 Å². The number of aliphatic hydroxyl groups is 1. The molecule has 92 valence electrons. The number of pyridine rings is 1. The fraction of sp³-hybridized carbons (Fsp3) is 0.500. The molecule has 5 nitrogen and oxygen atoms in total. The average Bonchev–Trinajstić information content (AvgIpc) is 2.66. The van der Waals surface area contributed by atoms with Crippen LogP contribution in [0.5, 0.6) is 0 Å². The molecule has 1 atom stereocenters. The number of aromatic nitrogens is 3. The highest BCUT2D eigenvalue weighted by Gasteiger charge is 2.17. The van der Waals surface area contributed by atoms with E-state index in [1.165, 1.54) is 0 Å². The van der Waals surface area contributed by atoms with Crippen molar-refractivity contribution in [2.75, 3.05) is 6.61 Å². The number of rotatable bonds is 3. The van der Waals surface area contributed by atoms with Gasteiger partial charge in [0.25, 0.3) is 0 Å². The fourth-order valence-corrected chi connectivity index (χ4v) is 2.03. The molecule has 0 fully saturated rings. The van der Waals surface area contributed by atoms with Gasteiger partial charge in [0.05, 0.1) is 12.6 Å². The first kappa shape index (κ1) is 12.0. The van der Waals surface area contributed by atoms with Gasteiger partial charge in [0.1, 0.15) is 11.3 Å². The molecule has 0 aliphatic rings. The fourth-order valence-electron chi connectivity index (χ4n) is 2.03. The van der Waals surface area contributed by atoms with Crippen LogP contribution in [0.15, 0.2) is 12.3 Å². The molecule has 0 radical (unpaired) electrons. The number of hydrogen-bond donors (Lipinski definition) is 2. The lowest BCUT2D eigenvalue weighted by Gasteiger charge is -2.08. The van der Waals surface area contributed by atoms with Crippen molar-refractivity contribution in [2.45, 2.75) is 25.8 Å². The van der Waals surface area contributed by atoms with E-state index >= 15 is 0 Å². The molecular formula is C12H18N4O. The minimum absolute atomic E-state index is 0.0906. The van der Waals surface area contributed by atoms with Crippen LogP contribution < -0.4 is 5.73 Å². The molecule has 0 aromatic carbocycles. The first-order valence-corrected chi connectivity index (χ1v) is 5.74. The van der Waals surface area contributed by atoms with Gasteiger partial charge in [-0.05, 0) is 6.07 Å². The summed E-state index contributed by atoms with van der Waals surface area (Å²) in [6, 6.07) is 1.41. The van der Waals surface area contributed by atoms with Gasteiger partial charge >= 0.3 is 0 Å². The number of nitrogens with two attached hydrogens (primary N) is 1. The third-order valence-electron chi connectivity index (χ3n) is 2.94. The standard InChI is InChI=1S/C12H18N4O/c1-7(2)11-15-10-8(9(13)6-17)4-5-14-12(10)16(11)3/h4-5,7,9,17H,6,13H2,1-3H3. The molecular weight excluding hydrogens is 216 g/mol. The van der Waals surface area contributed by atoms with E-state index in [0.717, 1.165) is 22.6 Å². The quantitative estimate of drug-likeness (QED) is 0.833. The summed E-state index contributed by atoms with van der Waals surface area (Å²) in [4.78, 5) is 8.91. The number of fused-ring (bicyclic) bond motifs is 1. The Morgan fingerprint density at radius 3 is 2.76 bits per heavy atom. The third-order valence-corrected chi connectivity index (χ3v) is 2.94. The summed E-state index contributed by atoms with van der Waals surface area (Å²) in [5, 5.41) is 9.15. The van der Waals surface area contributed by atoms with Gasteiger partial charge in [0, 0.05) is 24.7 Å². The normalized spacial score (nSPS) is 13.5. The lowest BCUT2D eigenvalue weighted by Crippen LogP contribution is -2.15. The molecule has 0 aliphatic heterocycles. The second kappa shape index (κ2) is 4.43. The Morgan fingerprint density at radius 1 is 1.47 bits per heavy atom. The van der Waals surface area contributed by atoms with E-state index in [-0.39, 0.29) is 6.61 Å². The maximum absolute atomic E-state index is 9.15. The summed E-state index contributed by atoms with van der Waals surface area (Å²) >= 11 is 0. The van der Waals surface area contributed by atoms with Crippen LogP contribution in [0.3, 0.4) is 0 Å². The highest BCUT2D eigenvalue weighted by Crippen LogP contribution is 2.24. The summed E-state index contributed by atoms with van der Waals surface area (Å²) in [5.74, 6) is 1.30. The lowest BCUT2D eigenvalue weighted by atomic mass is 10.1. The smallest absolute Gasteiger partial charge is 0.160 e. The maximum atomic E-state index is 9.15. The molecule has 2 rings (SSSR count). The molecule has 2 aromatic rings. The van der Waals surface area contributed by atoms with Gasteiger partial charge < -0.3 is 15.4 Å². The summed E-state index contributed by atoms with van der Waals surface area (Å²) < 4.78 is 1.98. The molecule has 3 N–H and O–H groups in total. The van der Waals surface area contributed by atoms with Crippen molar-refractivity contribution in [3.63, 3.8) is 0 Å². The van der Waals surface area contributed by atoms with E-state index in [1.807, 2.05) is 17.7 Å². The Balaban J connectivity index is 2.69. The van der Waals surface area contributed by atoms with Crippen molar-refractivity contribution in [2.24, 2.45) is 12.8 Å². The molecule has 0 amide bonds. The number of aryl methyl sites for hydroxylation is 1. The maximum Gasteiger partial charge on any atom is 0.160 e. The van der Waals surface area contributed by atoms with Crippen LogP contribution in [0.4, 0.5) is 0 Å². The van der Waals surface area contributed by atoms with Crippen LogP contribution >= 0.6 is 0 Å². The average molecular weight is 234 g/mol. The van der Waals surface area contributed by atoms with Crippen LogP contribution in [0.2, 0.25) is 0 Å². The van der Waals surface area contributed by atoms with Crippen LogP contribution in [-0.4, -0.2) is 26.2 Å². The van der Waals surface area contributed by atoms with Gasteiger partial charge in [-0.2, -0.15) is 0 Å². The van der Waals surface area contributed by atoms with Crippen molar-refractivity contribution in [1.82, 2.24) is 14.5 Å². The second-order valence-corrected chi connectivity index (χ2v) is 4.55. The van der Waals surface area contributed by atoms with Gasteiger partial charge in [0.2, 0.25) is 0 Å². The SMILES string of the molecule is CC(C)c1nc2c(C(N)CO)ccnc2n1C. The molecule has 2 aromatic heterocycles. The number of nitrogens with zero attached hydrogens (tertiary/aromatic N) is 3. The lowest BCUT2D eigenvalue weighted by molar-refractivity contribution is 0.268. The molecule has 0 bridgehead atoms. The Hall–Kier alpha value is -1.46. The van der Waals surface area contributed by atoms with E-state index < -0.39 is 6.04 Å². The summed E-state index contributed by atoms with van der Waals surface area (Å²) in [6.07, 6.45) is 1.71. The zero-order chi connectivity index (χ0) is 12.6. The van der Waals surface area contributed by atoms with E-state index in [0.29, 0.717) is 5.92 Å². The van der Waals surface area contributed by atoms with E-state index in [1.54, 1.807) is 6.20 Å². The molecule has 0 aliphatic carbocycles. The molecule has 2 heterocycles. The molecule has 0 saturated carbocycles. The highest BCUT2D eigenvalue weighted by atomic mass is 16.3. The summed E-state index contributed by atoms with van der Waals surface area (Å²) in [6.45, 7) is 4.09. The Labute approximate surface area is 100 Å². The minimum Gasteiger partial charge on any atom is -0.394 e. The van der Waals surface area contributed by atoms with Crippen molar-refractivity contribution in [1.29, 1.82) is 0 Å². The molecule has 0 spiro atoms. The predicted octanol–water partition coefficient (Wildman–Crippen LogP) is 1.08. The molecule has 5 heteroatoms. The monoisotopic (exact) mass is 234 g/mol. The molecule has 17 heavy (non-hydrogen) atoms. The number of imidazole rings is 1. The Morgan fingerprint density at radius 2 is 2.18 bits per heavy atom. The first-order valence-electron chi connectivity index (χ1n) is 5.74. The van der Waals surface area contributed by atoms with Gasteiger partial charge in [-0.25, -0.2) is 9.97 Å². The third kappa shape index (κ3) is 1.92. The number of aliphatic hydroxyl groups excluding tert-OH is 1. The van der Waals surface area contributed by atoms with Gasteiger partial charge in [-0.3, -0.25) is 0 Å². The summed E-state index contributed by atoms with van der Waals surface area (Å²) in [5.41, 5.74) is 8.32. The van der Waals surface area contributed by atoms with Crippen molar-refractivity contribution in [3.05, 3.63) is 23.7 Å². The topological polar surface area (TPSA) is 77.0 Å². The highest BCUT2D eigenvalue weighted by molar-refractivity contribution is 5.76. The molecule has 1 unspecified atom stereocenters. The minimum atomic E-state index is -0.407. The van der Waals surface area contributed by atoms with Crippen LogP contribution in [-0.2, 0) is 7.05 Å². The predicted molar refractivity (Wildman–Crippen MR) is 66.6 cm³/mol. The number of hydrogen-bond acceptors (Lipinski definition) is 4. The van der Waals surface area contributed by atoms with Gasteiger partial charge in [0.15, 0.2) is 5.65 Å². The van der Waals surface area contributed by atoms with Crippen molar-refractivity contribution >= 4 is 11.2 Å². The second-order valence-electron chi connectivity index (χ2n) is 4.55. The van der Waals surface area contributed by atoms with Crippen LogP contribution in [0.25, 0.3) is 11.2 Å². The van der Waals surface area contributed by atoms with Crippen molar-refractivity contribution in [3.8, 4) is 0 Å². The van der Waals surface area contributed by atoms with Crippen molar-refractivity contribution < 1.29 is 5.11 Å². The summed E-state index contributed by atoms with van der Waals surface area (Å²) in [7, 11) is 1.95. The van der Waals surface area contributed by atoms with Gasteiger partial charge in [-0.15, -0.1) is 0 Å². The first-order chi connectivity index (χ1) is 8.06. The van der Waals surface area contributed by atoms with E-state index in [4.69, 9.17) is 10.8 Å². The Kier molecular flexibility index (Phi) is 3.13. The van der Waals surface area contributed by atoms with Crippen LogP contribution in [0.1, 0.15) is 37.2 Å². The van der Waals surface area contributed by atoms with Gasteiger partial charge in [-0.1, -0.05) is 13.8 Å². The Bertz CT molecular complexity index is 533. The largest absolute Gasteiger partial charge is 0.394 e. The van der Waals surface area contributed by atoms with E-state index in [2.05, 4.69) is 23.8 Å².